The molecule has 0 aromatic carbocycles. The quantitative estimate of drug-likeness (QED) is 0.728. The van der Waals surface area contributed by atoms with Gasteiger partial charge < -0.3 is 5.32 Å². The van der Waals surface area contributed by atoms with E-state index in [-0.39, 0.29) is 17.0 Å². The Labute approximate surface area is 111 Å². The van der Waals surface area contributed by atoms with Gasteiger partial charge in [0, 0.05) is 18.1 Å². The van der Waals surface area contributed by atoms with Crippen LogP contribution < -0.4 is 5.32 Å². The van der Waals surface area contributed by atoms with Gasteiger partial charge in [0.2, 0.25) is 5.91 Å². The number of carbonyl (C=O) groups is 1. The van der Waals surface area contributed by atoms with Gasteiger partial charge in [0.25, 0.3) is 0 Å². The molecule has 0 radical (unpaired) electrons. The minimum atomic E-state index is -0.357. The molecule has 104 valence electrons. The molecular weight excluding hydrogens is 224 g/mol. The Balaban J connectivity index is 2.19. The number of hydrogen-bond acceptors (Lipinski definition) is 2. The molecule has 1 aliphatic carbocycles. The van der Waals surface area contributed by atoms with Gasteiger partial charge >= 0.3 is 0 Å². The van der Waals surface area contributed by atoms with Gasteiger partial charge in [0.15, 0.2) is 0 Å². The lowest BCUT2D eigenvalue weighted by atomic mass is 9.87. The van der Waals surface area contributed by atoms with Crippen LogP contribution >= 0.6 is 0 Å². The molecule has 1 heterocycles. The van der Waals surface area contributed by atoms with Gasteiger partial charge in [-0.15, -0.1) is 0 Å². The second-order valence-corrected chi connectivity index (χ2v) is 7.17. The maximum absolute atomic E-state index is 12.3. The summed E-state index contributed by atoms with van der Waals surface area (Å²) in [7, 11) is 0. The molecule has 1 saturated heterocycles. The van der Waals surface area contributed by atoms with Crippen molar-refractivity contribution in [2.75, 3.05) is 6.54 Å². The normalized spacial score (nSPS) is 29.7. The van der Waals surface area contributed by atoms with E-state index in [1.165, 1.54) is 38.5 Å². The molecule has 1 N–H and O–H groups in total. The van der Waals surface area contributed by atoms with Crippen molar-refractivity contribution in [2.45, 2.75) is 83.3 Å². The zero-order chi connectivity index (χ0) is 13.4. The zero-order valence-electron chi connectivity index (χ0n) is 12.4. The van der Waals surface area contributed by atoms with Crippen LogP contribution in [0.3, 0.4) is 0 Å². The molecule has 18 heavy (non-hydrogen) atoms. The molecule has 0 spiro atoms. The first-order valence-electron chi connectivity index (χ1n) is 7.42. The van der Waals surface area contributed by atoms with Crippen molar-refractivity contribution < 1.29 is 4.79 Å². The molecule has 3 heteroatoms. The van der Waals surface area contributed by atoms with Gasteiger partial charge in [0.05, 0.1) is 5.54 Å². The summed E-state index contributed by atoms with van der Waals surface area (Å²) >= 11 is 0. The highest BCUT2D eigenvalue weighted by Gasteiger charge is 2.46. The molecule has 1 aliphatic heterocycles. The summed E-state index contributed by atoms with van der Waals surface area (Å²) in [5.74, 6) is 0.183. The summed E-state index contributed by atoms with van der Waals surface area (Å²) in [4.78, 5) is 14.8. The molecule has 1 amide bonds. The topological polar surface area (TPSA) is 32.3 Å². The number of carbonyl (C=O) groups excluding carboxylic acids is 1. The number of piperazine rings is 1. The molecule has 0 aromatic heterocycles. The average Bonchev–Trinajstić information content (AvgIpc) is 2.52. The van der Waals surface area contributed by atoms with Crippen LogP contribution in [0.15, 0.2) is 0 Å². The van der Waals surface area contributed by atoms with E-state index in [0.717, 1.165) is 6.54 Å². The fraction of sp³-hybridized carbons (Fsp3) is 0.933. The largest absolute Gasteiger partial charge is 0.348 e. The molecule has 3 nitrogen and oxygen atoms in total. The highest BCUT2D eigenvalue weighted by Crippen LogP contribution is 2.32. The Kier molecular flexibility index (Phi) is 3.72. The molecule has 2 aliphatic rings. The molecule has 0 unspecified atom stereocenters. The minimum Gasteiger partial charge on any atom is -0.348 e. The zero-order valence-corrected chi connectivity index (χ0v) is 12.4. The van der Waals surface area contributed by atoms with Crippen molar-refractivity contribution in [3.63, 3.8) is 0 Å². The van der Waals surface area contributed by atoms with E-state index >= 15 is 0 Å². The van der Waals surface area contributed by atoms with E-state index < -0.39 is 0 Å². The number of nitrogens with zero attached hydrogens (tertiary/aromatic N) is 1. The summed E-state index contributed by atoms with van der Waals surface area (Å²) in [6.07, 6.45) is 7.87. The van der Waals surface area contributed by atoms with Crippen LogP contribution in [0.4, 0.5) is 0 Å². The van der Waals surface area contributed by atoms with Crippen molar-refractivity contribution in [1.82, 2.24) is 10.2 Å². The first kappa shape index (κ1) is 13.9. The summed E-state index contributed by atoms with van der Waals surface area (Å²) in [5, 5.41) is 3.15. The Morgan fingerprint density at radius 2 is 1.61 bits per heavy atom. The average molecular weight is 252 g/mol. The van der Waals surface area contributed by atoms with Crippen LogP contribution in [-0.2, 0) is 4.79 Å². The lowest BCUT2D eigenvalue weighted by Crippen LogP contribution is -2.71. The van der Waals surface area contributed by atoms with Crippen LogP contribution in [0.1, 0.15) is 66.2 Å². The van der Waals surface area contributed by atoms with E-state index in [9.17, 15) is 4.79 Å². The van der Waals surface area contributed by atoms with Crippen LogP contribution in [0.5, 0.6) is 0 Å². The lowest BCUT2D eigenvalue weighted by molar-refractivity contribution is -0.142. The number of hydrogen-bond donors (Lipinski definition) is 1. The first-order valence-corrected chi connectivity index (χ1v) is 7.42. The first-order chi connectivity index (χ1) is 8.33. The molecule has 1 saturated carbocycles. The van der Waals surface area contributed by atoms with Crippen molar-refractivity contribution in [1.29, 1.82) is 0 Å². The van der Waals surface area contributed by atoms with Crippen LogP contribution in [0, 0.1) is 0 Å². The van der Waals surface area contributed by atoms with Gasteiger partial charge in [-0.2, -0.15) is 0 Å². The van der Waals surface area contributed by atoms with Crippen molar-refractivity contribution >= 4 is 5.91 Å². The number of rotatable bonds is 1. The van der Waals surface area contributed by atoms with Crippen LogP contribution in [0.2, 0.25) is 0 Å². The van der Waals surface area contributed by atoms with Gasteiger partial charge in [0.1, 0.15) is 0 Å². The van der Waals surface area contributed by atoms with Gasteiger partial charge in [-0.3, -0.25) is 9.69 Å². The van der Waals surface area contributed by atoms with E-state index in [4.69, 9.17) is 0 Å². The molecule has 0 bridgehead atoms. The van der Waals surface area contributed by atoms with E-state index in [0.29, 0.717) is 6.04 Å². The summed E-state index contributed by atoms with van der Waals surface area (Å²) < 4.78 is 0. The third-order valence-corrected chi connectivity index (χ3v) is 4.56. The number of amides is 1. The van der Waals surface area contributed by atoms with Crippen LogP contribution in [-0.4, -0.2) is 34.5 Å². The maximum Gasteiger partial charge on any atom is 0.240 e. The maximum atomic E-state index is 12.3. The fourth-order valence-electron chi connectivity index (χ4n) is 3.41. The predicted molar refractivity (Wildman–Crippen MR) is 74.5 cm³/mol. The Morgan fingerprint density at radius 1 is 1.06 bits per heavy atom. The third-order valence-electron chi connectivity index (χ3n) is 4.56. The third kappa shape index (κ3) is 2.71. The summed E-state index contributed by atoms with van der Waals surface area (Å²) in [5.41, 5.74) is -0.455. The van der Waals surface area contributed by atoms with E-state index in [1.54, 1.807) is 0 Å². The number of nitrogens with one attached hydrogen (secondary N) is 1. The van der Waals surface area contributed by atoms with E-state index in [1.807, 2.05) is 0 Å². The van der Waals surface area contributed by atoms with Gasteiger partial charge in [-0.05, 0) is 40.5 Å². The highest BCUT2D eigenvalue weighted by molar-refractivity contribution is 5.87. The van der Waals surface area contributed by atoms with Gasteiger partial charge in [-0.25, -0.2) is 0 Å². The van der Waals surface area contributed by atoms with Crippen molar-refractivity contribution in [2.24, 2.45) is 0 Å². The van der Waals surface area contributed by atoms with Crippen molar-refractivity contribution in [3.8, 4) is 0 Å². The lowest BCUT2D eigenvalue weighted by Gasteiger charge is -2.51. The highest BCUT2D eigenvalue weighted by atomic mass is 16.2. The summed E-state index contributed by atoms with van der Waals surface area (Å²) in [6, 6.07) is 0.591. The molecule has 0 atom stereocenters. The second-order valence-electron chi connectivity index (χ2n) is 7.17. The van der Waals surface area contributed by atoms with E-state index in [2.05, 4.69) is 37.9 Å². The van der Waals surface area contributed by atoms with Gasteiger partial charge in [-0.1, -0.05) is 25.7 Å². The van der Waals surface area contributed by atoms with Crippen molar-refractivity contribution in [3.05, 3.63) is 0 Å². The second kappa shape index (κ2) is 4.84. The Morgan fingerprint density at radius 3 is 2.17 bits per heavy atom. The SMILES string of the molecule is CC1(C)CN(C2CCCCCC2)C(C)(C)C(=O)N1. The smallest absolute Gasteiger partial charge is 0.240 e. The molecule has 0 aromatic rings. The predicted octanol–water partition coefficient (Wildman–Crippen LogP) is 2.70. The monoisotopic (exact) mass is 252 g/mol. The fourth-order valence-corrected chi connectivity index (χ4v) is 3.41. The summed E-state index contributed by atoms with van der Waals surface area (Å²) in [6.45, 7) is 9.37. The molecule has 2 fully saturated rings. The molecular formula is C15H28N2O. The Bertz CT molecular complexity index is 314. The van der Waals surface area contributed by atoms with Crippen LogP contribution in [0.25, 0.3) is 0 Å². The standard InChI is InChI=1S/C15H28N2O/c1-14(2)11-17(15(3,4)13(18)16-14)12-9-7-5-6-8-10-12/h12H,5-11H2,1-4H3,(H,16,18). The molecule has 2 rings (SSSR count). The minimum absolute atomic E-state index is 0.0983. The Hall–Kier alpha value is -0.570.